The fourth-order valence-electron chi connectivity index (χ4n) is 2.17. The molecular weight excluding hydrogens is 272 g/mol. The predicted molar refractivity (Wildman–Crippen MR) is 65.6 cm³/mol. The Labute approximate surface area is 110 Å². The molecule has 1 fully saturated rings. The molecule has 0 amide bonds. The molecule has 1 aromatic rings. The number of fused-ring (bicyclic) bond motifs is 1. The third kappa shape index (κ3) is 2.37. The maximum absolute atomic E-state index is 11.4. The summed E-state index contributed by atoms with van der Waals surface area (Å²) in [5.41, 5.74) is 0.327. The van der Waals surface area contributed by atoms with Crippen LogP contribution in [0.2, 0.25) is 0 Å². The number of hydrogen-bond acceptors (Lipinski definition) is 6. The summed E-state index contributed by atoms with van der Waals surface area (Å²) in [6.45, 7) is 0.106. The molecule has 0 spiro atoms. The summed E-state index contributed by atoms with van der Waals surface area (Å²) in [5, 5.41) is 0. The van der Waals surface area contributed by atoms with E-state index in [1.165, 1.54) is 6.07 Å². The van der Waals surface area contributed by atoms with Crippen LogP contribution >= 0.6 is 0 Å². The molecule has 0 N–H and O–H groups in total. The summed E-state index contributed by atoms with van der Waals surface area (Å²) >= 11 is 0. The Balaban J connectivity index is 1.86. The molecule has 19 heavy (non-hydrogen) atoms. The van der Waals surface area contributed by atoms with Crippen LogP contribution in [0.25, 0.3) is 0 Å². The number of ether oxygens (including phenoxy) is 3. The van der Waals surface area contributed by atoms with Crippen LogP contribution < -0.4 is 14.2 Å². The lowest BCUT2D eigenvalue weighted by Crippen LogP contribution is -2.18. The highest BCUT2D eigenvalue weighted by Crippen LogP contribution is 2.38. The van der Waals surface area contributed by atoms with Crippen LogP contribution in [0.15, 0.2) is 12.1 Å². The van der Waals surface area contributed by atoms with Gasteiger partial charge in [-0.3, -0.25) is 4.79 Å². The maximum atomic E-state index is 11.4. The van der Waals surface area contributed by atoms with E-state index in [4.69, 9.17) is 14.2 Å². The first kappa shape index (κ1) is 12.3. The number of hydrogen-bond donors (Lipinski definition) is 0. The maximum Gasteiger partial charge on any atom is 0.231 e. The third-order valence-electron chi connectivity index (χ3n) is 3.12. The van der Waals surface area contributed by atoms with Crippen molar-refractivity contribution in [1.29, 1.82) is 0 Å². The van der Waals surface area contributed by atoms with Crippen LogP contribution in [0.4, 0.5) is 0 Å². The molecule has 1 atom stereocenters. The monoisotopic (exact) mass is 284 g/mol. The molecule has 2 aliphatic heterocycles. The van der Waals surface area contributed by atoms with E-state index in [0.717, 1.165) is 0 Å². The van der Waals surface area contributed by atoms with E-state index in [1.807, 2.05) is 0 Å². The molecule has 2 aliphatic rings. The highest BCUT2D eigenvalue weighted by atomic mass is 32.2. The molecule has 0 aromatic heterocycles. The fraction of sp³-hybridized carbons (Fsp3) is 0.417. The van der Waals surface area contributed by atoms with Gasteiger partial charge in [0.15, 0.2) is 27.6 Å². The van der Waals surface area contributed by atoms with Crippen molar-refractivity contribution in [2.45, 2.75) is 12.5 Å². The van der Waals surface area contributed by atoms with Crippen molar-refractivity contribution in [2.24, 2.45) is 0 Å². The molecule has 1 aromatic carbocycles. The Morgan fingerprint density at radius 1 is 1.26 bits per heavy atom. The number of carbonyl (C=O) groups excluding carboxylic acids is 1. The van der Waals surface area contributed by atoms with Gasteiger partial charge in [-0.25, -0.2) is 8.42 Å². The van der Waals surface area contributed by atoms with E-state index in [1.54, 1.807) is 6.07 Å². The highest BCUT2D eigenvalue weighted by Gasteiger charge is 2.30. The Bertz CT molecular complexity index is 621. The van der Waals surface area contributed by atoms with E-state index >= 15 is 0 Å². The number of benzene rings is 1. The Kier molecular flexibility index (Phi) is 2.85. The lowest BCUT2D eigenvalue weighted by molar-refractivity contribution is 0.111. The molecule has 102 valence electrons. The smallest absolute Gasteiger partial charge is 0.231 e. The van der Waals surface area contributed by atoms with Crippen LogP contribution in [0.3, 0.4) is 0 Å². The van der Waals surface area contributed by atoms with Gasteiger partial charge in [0.2, 0.25) is 6.79 Å². The van der Waals surface area contributed by atoms with Gasteiger partial charge >= 0.3 is 0 Å². The summed E-state index contributed by atoms with van der Waals surface area (Å²) in [6.07, 6.45) is 0.680. The largest absolute Gasteiger partial charge is 0.488 e. The van der Waals surface area contributed by atoms with Crippen LogP contribution in [0.5, 0.6) is 17.2 Å². The third-order valence-corrected chi connectivity index (χ3v) is 4.85. The Morgan fingerprint density at radius 3 is 2.63 bits per heavy atom. The van der Waals surface area contributed by atoms with Gasteiger partial charge in [0.05, 0.1) is 17.1 Å². The zero-order valence-corrected chi connectivity index (χ0v) is 10.8. The van der Waals surface area contributed by atoms with Crippen molar-refractivity contribution in [3.63, 3.8) is 0 Å². The minimum atomic E-state index is -3.02. The van der Waals surface area contributed by atoms with Gasteiger partial charge in [-0.2, -0.15) is 0 Å². The molecule has 0 aliphatic carbocycles. The van der Waals surface area contributed by atoms with E-state index in [9.17, 15) is 13.2 Å². The molecule has 0 bridgehead atoms. The van der Waals surface area contributed by atoms with Crippen LogP contribution in [0.1, 0.15) is 16.8 Å². The highest BCUT2D eigenvalue weighted by molar-refractivity contribution is 7.91. The number of sulfone groups is 1. The summed E-state index contributed by atoms with van der Waals surface area (Å²) < 4.78 is 38.7. The van der Waals surface area contributed by atoms with Crippen molar-refractivity contribution in [1.82, 2.24) is 0 Å². The lowest BCUT2D eigenvalue weighted by atomic mass is 10.2. The number of carbonyl (C=O) groups is 1. The standard InChI is InChI=1S/C12H12O6S/c13-5-8-3-11-12(17-7-16-11)4-10(8)18-9-1-2-19(14,15)6-9/h3-5,9H,1-2,6-7H2. The molecule has 0 saturated carbocycles. The lowest BCUT2D eigenvalue weighted by Gasteiger charge is -2.14. The summed E-state index contributed by atoms with van der Waals surface area (Å²) in [6, 6.07) is 3.10. The fourth-order valence-corrected chi connectivity index (χ4v) is 3.76. The van der Waals surface area contributed by atoms with Gasteiger partial charge in [-0.05, 0) is 12.5 Å². The average Bonchev–Trinajstić information content (AvgIpc) is 2.94. The molecule has 2 heterocycles. The van der Waals surface area contributed by atoms with Crippen LogP contribution in [-0.2, 0) is 9.84 Å². The summed E-state index contributed by atoms with van der Waals surface area (Å²) in [5.74, 6) is 1.44. The topological polar surface area (TPSA) is 78.9 Å². The number of rotatable bonds is 3. The normalized spacial score (nSPS) is 23.3. The van der Waals surface area contributed by atoms with Crippen molar-refractivity contribution in [3.05, 3.63) is 17.7 Å². The van der Waals surface area contributed by atoms with Gasteiger partial charge in [0.1, 0.15) is 11.9 Å². The van der Waals surface area contributed by atoms with Crippen molar-refractivity contribution < 1.29 is 27.4 Å². The second kappa shape index (κ2) is 4.41. The molecule has 3 rings (SSSR count). The first-order chi connectivity index (χ1) is 9.07. The first-order valence-electron chi connectivity index (χ1n) is 5.83. The van der Waals surface area contributed by atoms with Gasteiger partial charge in [-0.15, -0.1) is 0 Å². The van der Waals surface area contributed by atoms with Crippen molar-refractivity contribution in [3.8, 4) is 17.2 Å². The van der Waals surface area contributed by atoms with E-state index in [0.29, 0.717) is 35.5 Å². The minimum absolute atomic E-state index is 0.0141. The predicted octanol–water partition coefficient (Wildman–Crippen LogP) is 0.794. The van der Waals surface area contributed by atoms with E-state index in [-0.39, 0.29) is 18.3 Å². The number of aldehydes is 1. The molecular formula is C12H12O6S. The summed E-state index contributed by atoms with van der Waals surface area (Å²) in [7, 11) is -3.02. The first-order valence-corrected chi connectivity index (χ1v) is 7.65. The minimum Gasteiger partial charge on any atom is -0.488 e. The van der Waals surface area contributed by atoms with Gasteiger partial charge < -0.3 is 14.2 Å². The molecule has 7 heteroatoms. The van der Waals surface area contributed by atoms with Gasteiger partial charge in [0.25, 0.3) is 0 Å². The molecule has 1 unspecified atom stereocenters. The SMILES string of the molecule is O=Cc1cc2c(cc1OC1CCS(=O)(=O)C1)OCO2. The average molecular weight is 284 g/mol. The van der Waals surface area contributed by atoms with Crippen LogP contribution in [-0.4, -0.2) is 39.1 Å². The summed E-state index contributed by atoms with van der Waals surface area (Å²) in [4.78, 5) is 11.0. The molecule has 1 saturated heterocycles. The molecule has 0 radical (unpaired) electrons. The van der Waals surface area contributed by atoms with Crippen molar-refractivity contribution in [2.75, 3.05) is 18.3 Å². The van der Waals surface area contributed by atoms with Gasteiger partial charge in [-0.1, -0.05) is 0 Å². The second-order valence-corrected chi connectivity index (χ2v) is 6.73. The molecule has 6 nitrogen and oxygen atoms in total. The quantitative estimate of drug-likeness (QED) is 0.764. The zero-order chi connectivity index (χ0) is 13.5. The van der Waals surface area contributed by atoms with E-state index < -0.39 is 15.9 Å². The van der Waals surface area contributed by atoms with E-state index in [2.05, 4.69) is 0 Å². The second-order valence-electron chi connectivity index (χ2n) is 4.50. The zero-order valence-electron chi connectivity index (χ0n) is 10.00. The Hall–Kier alpha value is -1.76. The Morgan fingerprint density at radius 2 is 2.00 bits per heavy atom. The van der Waals surface area contributed by atoms with Crippen molar-refractivity contribution >= 4 is 16.1 Å². The van der Waals surface area contributed by atoms with Crippen LogP contribution in [0, 0.1) is 0 Å². The van der Waals surface area contributed by atoms with Gasteiger partial charge in [0, 0.05) is 6.07 Å².